The first kappa shape index (κ1) is 25.8. The summed E-state index contributed by atoms with van der Waals surface area (Å²) in [5, 5.41) is 5.19. The van der Waals surface area contributed by atoms with Gasteiger partial charge >= 0.3 is 0 Å². The number of nitrogens with one attached hydrogen (secondary N) is 2. The van der Waals surface area contributed by atoms with Crippen molar-refractivity contribution < 1.29 is 23.6 Å². The molecule has 0 spiro atoms. The van der Waals surface area contributed by atoms with Crippen LogP contribution in [0.2, 0.25) is 0 Å². The van der Waals surface area contributed by atoms with Crippen LogP contribution in [0.5, 0.6) is 0 Å². The summed E-state index contributed by atoms with van der Waals surface area (Å²) in [5.74, 6) is -1.77. The molecule has 0 radical (unpaired) electrons. The number of fused-ring (bicyclic) bond motifs is 1. The van der Waals surface area contributed by atoms with E-state index in [1.54, 1.807) is 0 Å². The Kier molecular flexibility index (Phi) is 7.16. The van der Waals surface area contributed by atoms with E-state index >= 15 is 0 Å². The lowest BCUT2D eigenvalue weighted by molar-refractivity contribution is -0.136. The van der Waals surface area contributed by atoms with Crippen molar-refractivity contribution in [2.24, 2.45) is 0 Å². The monoisotopic (exact) mass is 521 g/mol. The van der Waals surface area contributed by atoms with Gasteiger partial charge in [-0.15, -0.1) is 0 Å². The zero-order chi connectivity index (χ0) is 27.0. The van der Waals surface area contributed by atoms with E-state index in [1.807, 2.05) is 38.1 Å². The van der Waals surface area contributed by atoms with Gasteiger partial charge in [-0.3, -0.25) is 29.4 Å². The first-order chi connectivity index (χ1) is 18.2. The van der Waals surface area contributed by atoms with Crippen LogP contribution >= 0.6 is 0 Å². The van der Waals surface area contributed by atoms with Crippen LogP contribution in [0.1, 0.15) is 58.5 Å². The Balaban J connectivity index is 1.23. The van der Waals surface area contributed by atoms with Crippen molar-refractivity contribution in [2.75, 3.05) is 31.1 Å². The molecule has 10 heteroatoms. The number of imide groups is 1. The molecule has 5 rings (SSSR count). The lowest BCUT2D eigenvalue weighted by Crippen LogP contribution is -2.52. The third kappa shape index (κ3) is 5.26. The van der Waals surface area contributed by atoms with E-state index in [4.69, 9.17) is 0 Å². The van der Waals surface area contributed by atoms with Crippen LogP contribution in [-0.2, 0) is 22.7 Å². The predicted molar refractivity (Wildman–Crippen MR) is 139 cm³/mol. The Hall–Kier alpha value is -3.79. The van der Waals surface area contributed by atoms with Crippen LogP contribution in [0.15, 0.2) is 36.4 Å². The normalized spacial score (nSPS) is 20.1. The van der Waals surface area contributed by atoms with Crippen molar-refractivity contribution in [3.8, 4) is 0 Å². The second kappa shape index (κ2) is 10.5. The molecule has 0 bridgehead atoms. The quantitative estimate of drug-likeness (QED) is 0.565. The minimum Gasteiger partial charge on any atom is -0.369 e. The molecule has 1 unspecified atom stereocenters. The average Bonchev–Trinajstić information content (AvgIpc) is 3.20. The molecule has 38 heavy (non-hydrogen) atoms. The van der Waals surface area contributed by atoms with Crippen molar-refractivity contribution >= 4 is 29.3 Å². The Labute approximate surface area is 221 Å². The van der Waals surface area contributed by atoms with Crippen LogP contribution in [0.25, 0.3) is 0 Å². The third-order valence-electron chi connectivity index (χ3n) is 7.35. The second-order valence-corrected chi connectivity index (χ2v) is 10.4. The highest BCUT2D eigenvalue weighted by Crippen LogP contribution is 2.35. The minimum absolute atomic E-state index is 0.0800. The topological polar surface area (TPSA) is 102 Å². The van der Waals surface area contributed by atoms with Gasteiger partial charge in [0.25, 0.3) is 11.8 Å². The van der Waals surface area contributed by atoms with Crippen LogP contribution in [0.4, 0.5) is 10.1 Å². The number of carbonyl (C=O) groups is 4. The molecule has 4 amide bonds. The Morgan fingerprint density at radius 2 is 1.79 bits per heavy atom. The highest BCUT2D eigenvalue weighted by molar-refractivity contribution is 6.06. The lowest BCUT2D eigenvalue weighted by Gasteiger charge is -2.37. The number of hydrogen-bond acceptors (Lipinski definition) is 6. The summed E-state index contributed by atoms with van der Waals surface area (Å²) in [7, 11) is 0. The van der Waals surface area contributed by atoms with E-state index in [0.717, 1.165) is 30.8 Å². The van der Waals surface area contributed by atoms with Gasteiger partial charge in [-0.05, 0) is 50.1 Å². The van der Waals surface area contributed by atoms with Crippen LogP contribution < -0.4 is 15.5 Å². The third-order valence-corrected chi connectivity index (χ3v) is 7.35. The van der Waals surface area contributed by atoms with Gasteiger partial charge in [0.05, 0.1) is 0 Å². The molecule has 3 heterocycles. The smallest absolute Gasteiger partial charge is 0.255 e. The van der Waals surface area contributed by atoms with Gasteiger partial charge in [0.15, 0.2) is 0 Å². The summed E-state index contributed by atoms with van der Waals surface area (Å²) in [5.41, 5.74) is 3.44. The van der Waals surface area contributed by atoms with Crippen molar-refractivity contribution in [1.29, 1.82) is 0 Å². The SMILES string of the molecule is CC(C)NC(=O)c1ccc(CN2CCN(c3cc(F)cc4c3CN(C3CCC(=O)NC3=O)C4=O)CC2)cc1. The fraction of sp³-hybridized carbons (Fsp3) is 0.429. The maximum absolute atomic E-state index is 14.6. The Morgan fingerprint density at radius 3 is 2.45 bits per heavy atom. The summed E-state index contributed by atoms with van der Waals surface area (Å²) in [6.07, 6.45) is 0.442. The number of piperidine rings is 1. The maximum atomic E-state index is 14.6. The molecule has 3 aliphatic heterocycles. The van der Waals surface area contributed by atoms with E-state index < -0.39 is 17.8 Å². The van der Waals surface area contributed by atoms with E-state index in [2.05, 4.69) is 20.4 Å². The molecule has 3 aliphatic rings. The van der Waals surface area contributed by atoms with Gasteiger partial charge < -0.3 is 15.1 Å². The molecule has 2 N–H and O–H groups in total. The molecule has 2 saturated heterocycles. The largest absolute Gasteiger partial charge is 0.369 e. The van der Waals surface area contributed by atoms with Gasteiger partial charge in [0.1, 0.15) is 11.9 Å². The number of anilines is 1. The number of piperazine rings is 1. The van der Waals surface area contributed by atoms with Crippen molar-refractivity contribution in [2.45, 2.75) is 51.9 Å². The summed E-state index contributed by atoms with van der Waals surface area (Å²) in [6, 6.07) is 9.67. The first-order valence-electron chi connectivity index (χ1n) is 13.0. The van der Waals surface area contributed by atoms with E-state index in [-0.39, 0.29) is 48.7 Å². The van der Waals surface area contributed by atoms with Gasteiger partial charge in [-0.1, -0.05) is 12.1 Å². The standard InChI is InChI=1S/C28H32FN5O4/c1-17(2)30-26(36)19-5-3-18(4-6-19)15-32-9-11-33(12-10-32)24-14-20(29)13-21-22(24)16-34(28(21)38)23-7-8-25(35)31-27(23)37/h3-6,13-14,17,23H,7-12,15-16H2,1-2H3,(H,30,36)(H,31,35,37). The number of carbonyl (C=O) groups excluding carboxylic acids is 4. The van der Waals surface area contributed by atoms with Crippen LogP contribution in [-0.4, -0.2) is 71.7 Å². The summed E-state index contributed by atoms with van der Waals surface area (Å²) in [4.78, 5) is 55.1. The van der Waals surface area contributed by atoms with E-state index in [1.165, 1.54) is 17.0 Å². The highest BCUT2D eigenvalue weighted by Gasteiger charge is 2.41. The highest BCUT2D eigenvalue weighted by atomic mass is 19.1. The van der Waals surface area contributed by atoms with Crippen molar-refractivity contribution in [3.63, 3.8) is 0 Å². The van der Waals surface area contributed by atoms with Gasteiger partial charge in [0.2, 0.25) is 11.8 Å². The zero-order valence-electron chi connectivity index (χ0n) is 21.6. The fourth-order valence-corrected chi connectivity index (χ4v) is 5.40. The fourth-order valence-electron chi connectivity index (χ4n) is 5.40. The number of nitrogens with zero attached hydrogens (tertiary/aromatic N) is 3. The van der Waals surface area contributed by atoms with E-state index in [9.17, 15) is 23.6 Å². The predicted octanol–water partition coefficient (Wildman–Crippen LogP) is 2.05. The van der Waals surface area contributed by atoms with Crippen LogP contribution in [0, 0.1) is 5.82 Å². The molecule has 0 aromatic heterocycles. The number of hydrogen-bond donors (Lipinski definition) is 2. The molecule has 200 valence electrons. The van der Waals surface area contributed by atoms with Gasteiger partial charge in [-0.25, -0.2) is 4.39 Å². The molecule has 1 atom stereocenters. The minimum atomic E-state index is -0.733. The first-order valence-corrected chi connectivity index (χ1v) is 13.0. The lowest BCUT2D eigenvalue weighted by atomic mass is 10.0. The Bertz CT molecular complexity index is 1270. The number of benzene rings is 2. The van der Waals surface area contributed by atoms with Crippen molar-refractivity contribution in [3.05, 3.63) is 64.5 Å². The number of halogens is 1. The Morgan fingerprint density at radius 1 is 1.08 bits per heavy atom. The molecule has 0 aliphatic carbocycles. The molecule has 9 nitrogen and oxygen atoms in total. The van der Waals surface area contributed by atoms with Crippen LogP contribution in [0.3, 0.4) is 0 Å². The molecule has 2 fully saturated rings. The summed E-state index contributed by atoms with van der Waals surface area (Å²) < 4.78 is 14.6. The summed E-state index contributed by atoms with van der Waals surface area (Å²) in [6.45, 7) is 7.65. The average molecular weight is 522 g/mol. The molecule has 0 saturated carbocycles. The van der Waals surface area contributed by atoms with Gasteiger partial charge in [0, 0.05) is 74.1 Å². The number of rotatable bonds is 6. The summed E-state index contributed by atoms with van der Waals surface area (Å²) >= 11 is 0. The number of amides is 4. The second-order valence-electron chi connectivity index (χ2n) is 10.4. The van der Waals surface area contributed by atoms with Gasteiger partial charge in [-0.2, -0.15) is 0 Å². The molecular weight excluding hydrogens is 489 g/mol. The zero-order valence-corrected chi connectivity index (χ0v) is 21.6. The molecule has 2 aromatic carbocycles. The molecular formula is C28H32FN5O4. The van der Waals surface area contributed by atoms with E-state index in [0.29, 0.717) is 24.3 Å². The molecule has 2 aromatic rings. The van der Waals surface area contributed by atoms with Crippen molar-refractivity contribution in [1.82, 2.24) is 20.4 Å². The maximum Gasteiger partial charge on any atom is 0.255 e.